The Morgan fingerprint density at radius 1 is 0.328 bits per heavy atom. The average molecular weight is 862 g/mol. The fourth-order valence-electron chi connectivity index (χ4n) is 10.2. The minimum absolute atomic E-state index is 0.162. The smallest absolute Gasteiger partial charge is 0.260 e. The van der Waals surface area contributed by atoms with Gasteiger partial charge in [-0.05, 0) is 128 Å². The van der Waals surface area contributed by atoms with Gasteiger partial charge < -0.3 is 19.3 Å². The molecule has 0 aliphatic carbocycles. The molecule has 5 heteroatoms. The maximum atomic E-state index is 9.11. The van der Waals surface area contributed by atoms with Gasteiger partial charge in [0.25, 0.3) is 6.71 Å². The standard InChI is InChI=1S/C62H41BN2O2/c1-6-20-42(21-7-1)60-50-30-16-18-32-52(50)61(53-33-19-17-31-51(53)60)43-38-58-62-59(39-43)67-57-41-49(65(46-26-12-4-13-27-46)47-28-14-5-15-29-47)35-37-55(57)63(62)54-36-34-48(40-56(54)66-58)64(44-22-8-2-9-23-44)45-24-10-3-11-25-45/h1-41H/i1D,6D,7D,20D,21D. The van der Waals surface area contributed by atoms with E-state index < -0.39 is 6.04 Å². The van der Waals surface area contributed by atoms with Gasteiger partial charge in [0, 0.05) is 51.7 Å². The second-order valence-electron chi connectivity index (χ2n) is 16.8. The van der Waals surface area contributed by atoms with E-state index in [0.29, 0.717) is 17.1 Å². The van der Waals surface area contributed by atoms with Crippen LogP contribution < -0.4 is 35.7 Å². The van der Waals surface area contributed by atoms with Gasteiger partial charge in [0.1, 0.15) is 23.0 Å². The molecule has 11 aromatic rings. The summed E-state index contributed by atoms with van der Waals surface area (Å²) in [5, 5.41) is 3.21. The lowest BCUT2D eigenvalue weighted by Gasteiger charge is -2.35. The second-order valence-corrected chi connectivity index (χ2v) is 16.8. The van der Waals surface area contributed by atoms with Crippen molar-refractivity contribution in [3.63, 3.8) is 0 Å². The van der Waals surface area contributed by atoms with E-state index in [1.807, 2.05) is 121 Å². The van der Waals surface area contributed by atoms with Crippen LogP contribution in [0.5, 0.6) is 23.0 Å². The highest BCUT2D eigenvalue weighted by Gasteiger charge is 2.41. The van der Waals surface area contributed by atoms with E-state index in [-0.39, 0.29) is 36.4 Å². The predicted octanol–water partition coefficient (Wildman–Crippen LogP) is 15.0. The highest BCUT2D eigenvalue weighted by Crippen LogP contribution is 2.48. The van der Waals surface area contributed by atoms with Crippen molar-refractivity contribution in [3.8, 4) is 45.3 Å². The van der Waals surface area contributed by atoms with Crippen molar-refractivity contribution in [1.82, 2.24) is 0 Å². The van der Waals surface area contributed by atoms with Crippen molar-refractivity contribution < 1.29 is 16.3 Å². The normalized spacial score (nSPS) is 13.1. The molecule has 2 aliphatic rings. The monoisotopic (exact) mass is 861 g/mol. The Hall–Kier alpha value is -8.80. The lowest BCUT2D eigenvalue weighted by atomic mass is 9.35. The molecule has 0 radical (unpaired) electrons. The highest BCUT2D eigenvalue weighted by atomic mass is 16.5. The average Bonchev–Trinajstić information content (AvgIpc) is 3.42. The summed E-state index contributed by atoms with van der Waals surface area (Å²) in [6, 6.07) is 72.8. The van der Waals surface area contributed by atoms with Crippen molar-refractivity contribution in [2.24, 2.45) is 0 Å². The maximum absolute atomic E-state index is 9.11. The van der Waals surface area contributed by atoms with Gasteiger partial charge in [0.2, 0.25) is 0 Å². The van der Waals surface area contributed by atoms with Gasteiger partial charge in [0.05, 0.1) is 6.85 Å². The van der Waals surface area contributed by atoms with E-state index >= 15 is 0 Å². The van der Waals surface area contributed by atoms with Crippen molar-refractivity contribution in [1.29, 1.82) is 0 Å². The Morgan fingerprint density at radius 3 is 1.07 bits per heavy atom. The molecule has 0 bridgehead atoms. The van der Waals surface area contributed by atoms with Crippen LogP contribution in [-0.4, -0.2) is 6.71 Å². The van der Waals surface area contributed by atoms with Crippen LogP contribution >= 0.6 is 0 Å². The molecule has 0 fully saturated rings. The molecule has 67 heavy (non-hydrogen) atoms. The van der Waals surface area contributed by atoms with Crippen molar-refractivity contribution in [3.05, 3.63) is 249 Å². The van der Waals surface area contributed by atoms with Gasteiger partial charge in [0.15, 0.2) is 0 Å². The fraction of sp³-hybridized carbons (Fsp3) is 0. The molecule has 4 nitrogen and oxygen atoms in total. The van der Waals surface area contributed by atoms with Crippen molar-refractivity contribution >= 4 is 78.8 Å². The van der Waals surface area contributed by atoms with Crippen LogP contribution in [0.3, 0.4) is 0 Å². The third-order valence-electron chi connectivity index (χ3n) is 13.0. The zero-order valence-electron chi connectivity index (χ0n) is 41.1. The Bertz CT molecular complexity index is 3630. The summed E-state index contributed by atoms with van der Waals surface area (Å²) >= 11 is 0. The van der Waals surface area contributed by atoms with Crippen LogP contribution in [0.15, 0.2) is 249 Å². The number of rotatable bonds is 8. The van der Waals surface area contributed by atoms with Crippen LogP contribution in [0.4, 0.5) is 34.1 Å². The van der Waals surface area contributed by atoms with E-state index in [9.17, 15) is 0 Å². The Morgan fingerprint density at radius 2 is 0.687 bits per heavy atom. The quantitative estimate of drug-likeness (QED) is 0.112. The summed E-state index contributed by atoms with van der Waals surface area (Å²) in [4.78, 5) is 4.48. The zero-order chi connectivity index (χ0) is 48.6. The summed E-state index contributed by atoms with van der Waals surface area (Å²) in [5.74, 6) is 2.78. The molecule has 0 atom stereocenters. The van der Waals surface area contributed by atoms with Gasteiger partial charge in [-0.2, -0.15) is 0 Å². The lowest BCUT2D eigenvalue weighted by Crippen LogP contribution is -2.57. The van der Waals surface area contributed by atoms with Crippen molar-refractivity contribution in [2.75, 3.05) is 9.80 Å². The van der Waals surface area contributed by atoms with E-state index in [2.05, 4.69) is 107 Å². The first-order chi connectivity index (χ1) is 35.3. The summed E-state index contributed by atoms with van der Waals surface area (Å²) < 4.78 is 58.3. The third-order valence-corrected chi connectivity index (χ3v) is 13.0. The summed E-state index contributed by atoms with van der Waals surface area (Å²) in [5.41, 5.74) is 11.4. The molecular formula is C62H41BN2O2. The number of nitrogens with zero attached hydrogens (tertiary/aromatic N) is 2. The van der Waals surface area contributed by atoms with E-state index in [0.717, 1.165) is 94.7 Å². The lowest BCUT2D eigenvalue weighted by molar-refractivity contribution is 0.465. The first-order valence-electron chi connectivity index (χ1n) is 25.0. The molecule has 0 N–H and O–H groups in total. The predicted molar refractivity (Wildman–Crippen MR) is 279 cm³/mol. The topological polar surface area (TPSA) is 24.9 Å². The van der Waals surface area contributed by atoms with Gasteiger partial charge in [-0.25, -0.2) is 0 Å². The molecular weight excluding hydrogens is 816 g/mol. The van der Waals surface area contributed by atoms with Gasteiger partial charge in [-0.3, -0.25) is 0 Å². The summed E-state index contributed by atoms with van der Waals surface area (Å²) in [6.45, 7) is -0.247. The van der Waals surface area contributed by atoms with Crippen LogP contribution in [0.2, 0.25) is 0 Å². The largest absolute Gasteiger partial charge is 0.458 e. The number of anilines is 6. The number of benzene rings is 11. The van der Waals surface area contributed by atoms with Crippen LogP contribution in [-0.2, 0) is 0 Å². The van der Waals surface area contributed by atoms with Crippen LogP contribution in [0.1, 0.15) is 6.85 Å². The molecule has 2 heterocycles. The second kappa shape index (κ2) is 16.0. The number of hydrogen-bond donors (Lipinski definition) is 0. The number of hydrogen-bond acceptors (Lipinski definition) is 4. The first kappa shape index (κ1) is 33.7. The molecule has 13 rings (SSSR count). The van der Waals surface area contributed by atoms with E-state index in [1.54, 1.807) is 0 Å². The highest BCUT2D eigenvalue weighted by molar-refractivity contribution is 6.98. The first-order valence-corrected chi connectivity index (χ1v) is 22.5. The summed E-state index contributed by atoms with van der Waals surface area (Å²) in [7, 11) is 0. The van der Waals surface area contributed by atoms with Gasteiger partial charge >= 0.3 is 0 Å². The number of ether oxygens (including phenoxy) is 2. The molecule has 0 unspecified atom stereocenters. The SMILES string of the molecule is [2H]c1c([2H])c([2H])c(-c2c3ccccc3c(-c3cc4c5c(c3)Oc3cc(N(c6ccccc6)c6ccccc6)ccc3B5c3ccc(N(c5ccccc5)c5ccccc5)cc3O4)c3ccccc23)c([2H])c1[2H]. The molecule has 0 spiro atoms. The molecule has 11 aromatic carbocycles. The molecule has 0 aromatic heterocycles. The fourth-order valence-corrected chi connectivity index (χ4v) is 10.2. The van der Waals surface area contributed by atoms with Crippen LogP contribution in [0, 0.1) is 0 Å². The molecule has 0 saturated carbocycles. The van der Waals surface area contributed by atoms with E-state index in [4.69, 9.17) is 16.3 Å². The van der Waals surface area contributed by atoms with Crippen molar-refractivity contribution in [2.45, 2.75) is 0 Å². The molecule has 2 aliphatic heterocycles. The van der Waals surface area contributed by atoms with Gasteiger partial charge in [-0.1, -0.05) is 164 Å². The number of fused-ring (bicyclic) bond motifs is 6. The van der Waals surface area contributed by atoms with E-state index in [1.165, 1.54) is 0 Å². The number of para-hydroxylation sites is 4. The third kappa shape index (κ3) is 6.55. The Kier molecular flexibility index (Phi) is 8.05. The zero-order valence-corrected chi connectivity index (χ0v) is 36.1. The van der Waals surface area contributed by atoms with Crippen LogP contribution in [0.25, 0.3) is 43.8 Å². The maximum Gasteiger partial charge on any atom is 0.260 e. The molecule has 0 amide bonds. The minimum Gasteiger partial charge on any atom is -0.458 e. The minimum atomic E-state index is -0.427. The summed E-state index contributed by atoms with van der Waals surface area (Å²) in [6.07, 6.45) is 0. The molecule has 314 valence electrons. The Balaban J connectivity index is 1.05. The Labute approximate surface area is 397 Å². The van der Waals surface area contributed by atoms with Gasteiger partial charge in [-0.15, -0.1) is 0 Å². The molecule has 0 saturated heterocycles.